The van der Waals surface area contributed by atoms with Crippen LogP contribution in [0.1, 0.15) is 6.42 Å². The summed E-state index contributed by atoms with van der Waals surface area (Å²) in [5.74, 6) is -0.526. The van der Waals surface area contributed by atoms with Crippen LogP contribution in [0.3, 0.4) is 0 Å². The van der Waals surface area contributed by atoms with E-state index >= 15 is 0 Å². The smallest absolute Gasteiger partial charge is 0.251 e. The molecule has 1 fully saturated rings. The molecular formula is C19H16Cl2N2O3S. The fourth-order valence-corrected chi connectivity index (χ4v) is 5.88. The van der Waals surface area contributed by atoms with Gasteiger partial charge in [-0.2, -0.15) is 0 Å². The zero-order valence-corrected chi connectivity index (χ0v) is 16.4. The van der Waals surface area contributed by atoms with Gasteiger partial charge in [-0.3, -0.25) is 4.79 Å². The number of carbonyl (C=O) groups is 1. The first-order valence-electron chi connectivity index (χ1n) is 8.40. The maximum Gasteiger partial charge on any atom is 0.251 e. The van der Waals surface area contributed by atoms with Crippen LogP contribution in [0.15, 0.2) is 54.6 Å². The first kappa shape index (κ1) is 18.3. The second-order valence-corrected chi connectivity index (χ2v) is 9.49. The molecule has 0 saturated carbocycles. The van der Waals surface area contributed by atoms with E-state index in [-0.39, 0.29) is 13.0 Å². The summed E-state index contributed by atoms with van der Waals surface area (Å²) in [6, 6.07) is 15.9. The highest BCUT2D eigenvalue weighted by atomic mass is 35.5. The van der Waals surface area contributed by atoms with Gasteiger partial charge in [0.05, 0.1) is 16.6 Å². The van der Waals surface area contributed by atoms with Crippen LogP contribution >= 0.6 is 23.2 Å². The molecule has 2 atom stereocenters. The molecule has 0 spiro atoms. The predicted octanol–water partition coefficient (Wildman–Crippen LogP) is 3.64. The highest BCUT2D eigenvalue weighted by Crippen LogP contribution is 2.33. The third-order valence-corrected chi connectivity index (χ3v) is 7.26. The number of amides is 1. The molecule has 3 aromatic rings. The van der Waals surface area contributed by atoms with Gasteiger partial charge in [0.15, 0.2) is 5.25 Å². The monoisotopic (exact) mass is 422 g/mol. The van der Waals surface area contributed by atoms with Crippen molar-refractivity contribution in [1.82, 2.24) is 9.29 Å². The van der Waals surface area contributed by atoms with Gasteiger partial charge in [0, 0.05) is 17.0 Å². The van der Waals surface area contributed by atoms with Gasteiger partial charge < -0.3 is 5.32 Å². The largest absolute Gasteiger partial charge is 0.353 e. The van der Waals surface area contributed by atoms with Gasteiger partial charge in [0.1, 0.15) is 0 Å². The highest BCUT2D eigenvalue weighted by Gasteiger charge is 2.40. The quantitative estimate of drug-likeness (QED) is 0.655. The Morgan fingerprint density at radius 1 is 1.07 bits per heavy atom. The van der Waals surface area contributed by atoms with E-state index in [4.69, 9.17) is 23.2 Å². The molecule has 140 valence electrons. The Kier molecular flexibility index (Phi) is 4.66. The zero-order valence-electron chi connectivity index (χ0n) is 14.1. The summed E-state index contributed by atoms with van der Waals surface area (Å²) in [7, 11) is -4.04. The van der Waals surface area contributed by atoms with Crippen molar-refractivity contribution in [2.24, 2.45) is 0 Å². The van der Waals surface area contributed by atoms with Crippen LogP contribution in [0.2, 0.25) is 5.02 Å². The van der Waals surface area contributed by atoms with Gasteiger partial charge in [-0.05, 0) is 36.2 Å². The number of fused-ring (bicyclic) bond motifs is 1. The number of alkyl halides is 1. The fraction of sp³-hybridized carbons (Fsp3) is 0.211. The van der Waals surface area contributed by atoms with Crippen LogP contribution in [0, 0.1) is 0 Å². The average Bonchev–Trinajstić information content (AvgIpc) is 3.03. The zero-order chi connectivity index (χ0) is 19.2. The lowest BCUT2D eigenvalue weighted by Gasteiger charge is -2.26. The van der Waals surface area contributed by atoms with Gasteiger partial charge in [0.25, 0.3) is 10.0 Å². The maximum absolute atomic E-state index is 13.5. The van der Waals surface area contributed by atoms with Gasteiger partial charge in [-0.15, -0.1) is 11.6 Å². The van der Waals surface area contributed by atoms with Crippen molar-refractivity contribution < 1.29 is 13.2 Å². The van der Waals surface area contributed by atoms with Crippen molar-refractivity contribution in [1.29, 1.82) is 0 Å². The van der Waals surface area contributed by atoms with Crippen molar-refractivity contribution in [2.75, 3.05) is 6.54 Å². The number of piperidine rings is 1. The number of hydrogen-bond acceptors (Lipinski definition) is 3. The van der Waals surface area contributed by atoms with E-state index in [0.717, 1.165) is 5.56 Å². The van der Waals surface area contributed by atoms with Crippen LogP contribution in [0.5, 0.6) is 0 Å². The van der Waals surface area contributed by atoms with Crippen LogP contribution < -0.4 is 5.32 Å². The molecule has 5 nitrogen and oxygen atoms in total. The van der Waals surface area contributed by atoms with Crippen LogP contribution in [0.4, 0.5) is 0 Å². The van der Waals surface area contributed by atoms with Crippen molar-refractivity contribution in [3.05, 3.63) is 59.6 Å². The minimum absolute atomic E-state index is 0.0667. The summed E-state index contributed by atoms with van der Waals surface area (Å²) in [4.78, 5) is 12.3. The molecule has 1 amide bonds. The molecule has 2 aromatic carbocycles. The Morgan fingerprint density at radius 2 is 1.81 bits per heavy atom. The molecule has 1 N–H and O–H groups in total. The molecule has 1 saturated heterocycles. The summed E-state index contributed by atoms with van der Waals surface area (Å²) in [6.45, 7) is 0.264. The summed E-state index contributed by atoms with van der Waals surface area (Å²) in [6.07, 6.45) is 0.0667. The minimum Gasteiger partial charge on any atom is -0.353 e. The average molecular weight is 423 g/mol. The Bertz CT molecular complexity index is 1130. The molecule has 0 bridgehead atoms. The Labute approximate surface area is 166 Å². The molecular weight excluding hydrogens is 407 g/mol. The molecule has 1 aromatic heterocycles. The van der Waals surface area contributed by atoms with Gasteiger partial charge in [-0.1, -0.05) is 41.9 Å². The molecule has 1 aliphatic heterocycles. The highest BCUT2D eigenvalue weighted by molar-refractivity contribution is 7.91. The van der Waals surface area contributed by atoms with Crippen molar-refractivity contribution >= 4 is 50.0 Å². The van der Waals surface area contributed by atoms with Crippen molar-refractivity contribution in [2.45, 2.75) is 17.0 Å². The number of benzene rings is 2. The lowest BCUT2D eigenvalue weighted by atomic mass is 10.1. The second kappa shape index (κ2) is 6.86. The Balaban J connectivity index is 1.98. The second-order valence-electron chi connectivity index (χ2n) is 6.47. The Morgan fingerprint density at radius 3 is 2.56 bits per heavy atom. The van der Waals surface area contributed by atoms with E-state index in [0.29, 0.717) is 21.6 Å². The number of carbonyl (C=O) groups excluding carboxylic acids is 1. The first-order chi connectivity index (χ1) is 12.9. The number of nitrogens with zero attached hydrogens (tertiary/aromatic N) is 1. The molecule has 0 radical (unpaired) electrons. The Hall–Kier alpha value is -2.02. The summed E-state index contributed by atoms with van der Waals surface area (Å²) < 4.78 is 28.3. The van der Waals surface area contributed by atoms with E-state index in [1.54, 1.807) is 24.3 Å². The molecule has 0 aliphatic carbocycles. The predicted molar refractivity (Wildman–Crippen MR) is 108 cm³/mol. The number of halogens is 2. The van der Waals surface area contributed by atoms with Crippen molar-refractivity contribution in [3.8, 4) is 11.3 Å². The number of hydrogen-bond donors (Lipinski definition) is 1. The summed E-state index contributed by atoms with van der Waals surface area (Å²) in [5, 5.41) is 2.09. The number of aromatic nitrogens is 1. The van der Waals surface area contributed by atoms with Crippen LogP contribution in [0.25, 0.3) is 22.2 Å². The molecule has 2 unspecified atom stereocenters. The fourth-order valence-electron chi connectivity index (χ4n) is 3.38. The van der Waals surface area contributed by atoms with E-state index in [2.05, 4.69) is 5.32 Å². The molecule has 8 heteroatoms. The normalized spacial score (nSPS) is 20.6. The SMILES string of the molecule is O=C1NCC(Cl)CC1S(=O)(=O)n1c(-c2ccccc2)cc2cc(Cl)ccc21. The summed E-state index contributed by atoms with van der Waals surface area (Å²) >= 11 is 12.2. The summed E-state index contributed by atoms with van der Waals surface area (Å²) in [5.41, 5.74) is 1.69. The van der Waals surface area contributed by atoms with E-state index in [9.17, 15) is 13.2 Å². The van der Waals surface area contributed by atoms with E-state index in [1.165, 1.54) is 3.97 Å². The van der Waals surface area contributed by atoms with Crippen LogP contribution in [-0.2, 0) is 14.8 Å². The van der Waals surface area contributed by atoms with Gasteiger partial charge in [0.2, 0.25) is 5.91 Å². The van der Waals surface area contributed by atoms with Crippen LogP contribution in [-0.4, -0.2) is 35.5 Å². The third-order valence-electron chi connectivity index (χ3n) is 4.66. The third kappa shape index (κ3) is 3.22. The van der Waals surface area contributed by atoms with Gasteiger partial charge in [-0.25, -0.2) is 12.4 Å². The minimum atomic E-state index is -4.04. The number of nitrogens with one attached hydrogen (secondary N) is 1. The van der Waals surface area contributed by atoms with E-state index < -0.39 is 26.6 Å². The molecule has 4 rings (SSSR count). The lowest BCUT2D eigenvalue weighted by Crippen LogP contribution is -2.50. The number of rotatable bonds is 3. The van der Waals surface area contributed by atoms with E-state index in [1.807, 2.05) is 30.3 Å². The molecule has 27 heavy (non-hydrogen) atoms. The standard InChI is InChI=1S/C19H16Cl2N2O3S/c20-14-6-7-16-13(8-14)9-17(12-4-2-1-3-5-12)23(16)27(25,26)18-10-15(21)11-22-19(18)24/h1-9,15,18H,10-11H2,(H,22,24). The molecule has 2 heterocycles. The maximum atomic E-state index is 13.5. The topological polar surface area (TPSA) is 68.2 Å². The van der Waals surface area contributed by atoms with Gasteiger partial charge >= 0.3 is 0 Å². The molecule has 1 aliphatic rings. The van der Waals surface area contributed by atoms with Crippen molar-refractivity contribution in [3.63, 3.8) is 0 Å². The lowest BCUT2D eigenvalue weighted by molar-refractivity contribution is -0.121. The first-order valence-corrected chi connectivity index (χ1v) is 10.7.